The zero-order chi connectivity index (χ0) is 13.1. The van der Waals surface area contributed by atoms with E-state index in [1.54, 1.807) is 0 Å². The maximum absolute atomic E-state index is 11.8. The highest BCUT2D eigenvalue weighted by atomic mass is 16.5. The molecule has 0 saturated carbocycles. The summed E-state index contributed by atoms with van der Waals surface area (Å²) in [5.74, 6) is 0.127. The molecule has 1 aromatic rings. The topological polar surface area (TPSA) is 50.6 Å². The van der Waals surface area contributed by atoms with E-state index in [2.05, 4.69) is 10.00 Å². The van der Waals surface area contributed by atoms with Gasteiger partial charge >= 0.3 is 0 Å². The second kappa shape index (κ2) is 5.71. The quantitative estimate of drug-likeness (QED) is 0.767. The number of ether oxygens (including phenoxy) is 1. The molecule has 1 amide bonds. The molecule has 3 rings (SSSR count). The normalized spacial score (nSPS) is 22.3. The second-order valence-corrected chi connectivity index (χ2v) is 5.19. The molecule has 0 aromatic carbocycles. The first-order valence-corrected chi connectivity index (χ1v) is 6.90. The van der Waals surface area contributed by atoms with E-state index in [-0.39, 0.29) is 12.5 Å². The summed E-state index contributed by atoms with van der Waals surface area (Å²) >= 11 is 0. The smallest absolute Gasteiger partial charge is 0.248 e. The van der Waals surface area contributed by atoms with Crippen LogP contribution in [0.3, 0.4) is 0 Å². The van der Waals surface area contributed by atoms with E-state index < -0.39 is 0 Å². The molecule has 1 aromatic heterocycles. The summed E-state index contributed by atoms with van der Waals surface area (Å²) in [6.45, 7) is 5.59. The number of aromatic nitrogens is 2. The Morgan fingerprint density at radius 3 is 3.05 bits per heavy atom. The van der Waals surface area contributed by atoms with Gasteiger partial charge in [0.05, 0.1) is 6.04 Å². The van der Waals surface area contributed by atoms with Crippen molar-refractivity contribution in [2.45, 2.75) is 12.5 Å². The Kier molecular flexibility index (Phi) is 3.79. The fraction of sp³-hybridized carbons (Fsp3) is 0.692. The summed E-state index contributed by atoms with van der Waals surface area (Å²) in [5.41, 5.74) is 0. The van der Waals surface area contributed by atoms with Crippen LogP contribution < -0.4 is 0 Å². The summed E-state index contributed by atoms with van der Waals surface area (Å²) in [6.07, 6.45) is 4.78. The Balaban J connectivity index is 1.40. The van der Waals surface area contributed by atoms with Gasteiger partial charge in [0.15, 0.2) is 0 Å². The minimum atomic E-state index is 0.127. The van der Waals surface area contributed by atoms with Crippen molar-refractivity contribution in [1.82, 2.24) is 19.6 Å². The molecule has 6 heteroatoms. The van der Waals surface area contributed by atoms with Crippen LogP contribution in [0, 0.1) is 0 Å². The van der Waals surface area contributed by atoms with Gasteiger partial charge in [-0.15, -0.1) is 0 Å². The summed E-state index contributed by atoms with van der Waals surface area (Å²) < 4.78 is 7.25. The highest BCUT2D eigenvalue weighted by molar-refractivity contribution is 5.77. The van der Waals surface area contributed by atoms with Crippen LogP contribution in [0.1, 0.15) is 12.5 Å². The molecule has 0 N–H and O–H groups in total. The third-order valence-corrected chi connectivity index (χ3v) is 3.82. The van der Waals surface area contributed by atoms with Gasteiger partial charge in [-0.05, 0) is 12.5 Å². The van der Waals surface area contributed by atoms with Gasteiger partial charge < -0.3 is 9.64 Å². The predicted molar refractivity (Wildman–Crippen MR) is 69.7 cm³/mol. The van der Waals surface area contributed by atoms with E-state index >= 15 is 0 Å². The summed E-state index contributed by atoms with van der Waals surface area (Å²) in [4.78, 5) is 16.0. The standard InChI is InChI=1S/C13H20N4O2/c18-13-11-19-8-2-4-16(13)7-6-15-9-12(10-15)17-5-1-3-14-17/h1,3,5,12H,2,4,6-11H2. The van der Waals surface area contributed by atoms with E-state index in [1.807, 2.05) is 28.0 Å². The molecule has 6 nitrogen and oxygen atoms in total. The van der Waals surface area contributed by atoms with E-state index in [0.29, 0.717) is 12.6 Å². The molecule has 2 aliphatic heterocycles. The number of hydrogen-bond donors (Lipinski definition) is 0. The van der Waals surface area contributed by atoms with E-state index in [0.717, 1.165) is 39.1 Å². The first-order valence-electron chi connectivity index (χ1n) is 6.90. The van der Waals surface area contributed by atoms with Crippen LogP contribution in [-0.4, -0.2) is 71.4 Å². The first-order chi connectivity index (χ1) is 9.33. The lowest BCUT2D eigenvalue weighted by Gasteiger charge is -2.40. The average Bonchev–Trinajstić information content (AvgIpc) is 2.79. The Morgan fingerprint density at radius 2 is 2.26 bits per heavy atom. The maximum atomic E-state index is 11.8. The molecule has 2 aliphatic rings. The molecule has 0 bridgehead atoms. The van der Waals surface area contributed by atoms with Crippen molar-refractivity contribution in [3.63, 3.8) is 0 Å². The number of likely N-dealkylation sites (tertiary alicyclic amines) is 1. The minimum Gasteiger partial charge on any atom is -0.372 e. The monoisotopic (exact) mass is 264 g/mol. The number of carbonyl (C=O) groups is 1. The molecule has 0 atom stereocenters. The van der Waals surface area contributed by atoms with E-state index in [4.69, 9.17) is 4.74 Å². The lowest BCUT2D eigenvalue weighted by molar-refractivity contribution is -0.134. The largest absolute Gasteiger partial charge is 0.372 e. The third-order valence-electron chi connectivity index (χ3n) is 3.82. The third kappa shape index (κ3) is 2.96. The molecule has 104 valence electrons. The Bertz CT molecular complexity index is 414. The molecule has 19 heavy (non-hydrogen) atoms. The van der Waals surface area contributed by atoms with Crippen molar-refractivity contribution >= 4 is 5.91 Å². The fourth-order valence-corrected chi connectivity index (χ4v) is 2.62. The first kappa shape index (κ1) is 12.6. The summed E-state index contributed by atoms with van der Waals surface area (Å²) in [7, 11) is 0. The number of carbonyl (C=O) groups excluding carboxylic acids is 1. The minimum absolute atomic E-state index is 0.127. The summed E-state index contributed by atoms with van der Waals surface area (Å²) in [6, 6.07) is 2.46. The molecule has 0 aliphatic carbocycles. The fourth-order valence-electron chi connectivity index (χ4n) is 2.62. The van der Waals surface area contributed by atoms with Gasteiger partial charge in [0.25, 0.3) is 0 Å². The van der Waals surface area contributed by atoms with Crippen molar-refractivity contribution in [2.75, 3.05) is 45.9 Å². The van der Waals surface area contributed by atoms with Crippen LogP contribution in [0.5, 0.6) is 0 Å². The maximum Gasteiger partial charge on any atom is 0.248 e. The highest BCUT2D eigenvalue weighted by Crippen LogP contribution is 2.19. The molecule has 0 spiro atoms. The van der Waals surface area contributed by atoms with Crippen molar-refractivity contribution in [2.24, 2.45) is 0 Å². The lowest BCUT2D eigenvalue weighted by Crippen LogP contribution is -2.51. The van der Waals surface area contributed by atoms with Gasteiger partial charge in [-0.3, -0.25) is 14.4 Å². The molecule has 2 fully saturated rings. The van der Waals surface area contributed by atoms with Crippen molar-refractivity contribution in [3.05, 3.63) is 18.5 Å². The predicted octanol–water partition coefficient (Wildman–Crippen LogP) is -0.0113. The SMILES string of the molecule is O=C1COCCCN1CCN1CC(n2cccn2)C1. The second-order valence-electron chi connectivity index (χ2n) is 5.19. The molecule has 0 unspecified atom stereocenters. The molecule has 2 saturated heterocycles. The van der Waals surface area contributed by atoms with Crippen molar-refractivity contribution in [3.8, 4) is 0 Å². The zero-order valence-electron chi connectivity index (χ0n) is 11.1. The van der Waals surface area contributed by atoms with Gasteiger partial charge in [-0.2, -0.15) is 5.10 Å². The average molecular weight is 264 g/mol. The van der Waals surface area contributed by atoms with Crippen LogP contribution in [0.4, 0.5) is 0 Å². The Hall–Kier alpha value is -1.40. The lowest BCUT2D eigenvalue weighted by atomic mass is 10.1. The van der Waals surface area contributed by atoms with Crippen molar-refractivity contribution < 1.29 is 9.53 Å². The Labute approximate surface area is 112 Å². The van der Waals surface area contributed by atoms with Crippen LogP contribution in [0.25, 0.3) is 0 Å². The van der Waals surface area contributed by atoms with Crippen LogP contribution in [-0.2, 0) is 9.53 Å². The zero-order valence-corrected chi connectivity index (χ0v) is 11.1. The van der Waals surface area contributed by atoms with E-state index in [9.17, 15) is 4.79 Å². The number of rotatable bonds is 4. The molecular weight excluding hydrogens is 244 g/mol. The molecular formula is C13H20N4O2. The summed E-state index contributed by atoms with van der Waals surface area (Å²) in [5, 5.41) is 4.26. The van der Waals surface area contributed by atoms with E-state index in [1.165, 1.54) is 0 Å². The van der Waals surface area contributed by atoms with Crippen molar-refractivity contribution in [1.29, 1.82) is 0 Å². The number of hydrogen-bond acceptors (Lipinski definition) is 4. The number of nitrogens with zero attached hydrogens (tertiary/aromatic N) is 4. The van der Waals surface area contributed by atoms with Gasteiger partial charge in [0.2, 0.25) is 5.91 Å². The highest BCUT2D eigenvalue weighted by Gasteiger charge is 2.28. The van der Waals surface area contributed by atoms with Gasteiger partial charge in [0, 0.05) is 51.7 Å². The van der Waals surface area contributed by atoms with Crippen LogP contribution >= 0.6 is 0 Å². The van der Waals surface area contributed by atoms with Gasteiger partial charge in [-0.1, -0.05) is 0 Å². The van der Waals surface area contributed by atoms with Gasteiger partial charge in [-0.25, -0.2) is 0 Å². The van der Waals surface area contributed by atoms with Gasteiger partial charge in [0.1, 0.15) is 6.61 Å². The molecule has 3 heterocycles. The van der Waals surface area contributed by atoms with Crippen LogP contribution in [0.2, 0.25) is 0 Å². The van der Waals surface area contributed by atoms with Crippen LogP contribution in [0.15, 0.2) is 18.5 Å². The number of amides is 1. The Morgan fingerprint density at radius 1 is 1.37 bits per heavy atom. The molecule has 0 radical (unpaired) electrons.